The van der Waals surface area contributed by atoms with Gasteiger partial charge in [0.2, 0.25) is 0 Å². The van der Waals surface area contributed by atoms with Gasteiger partial charge in [-0.1, -0.05) is 38.5 Å². The maximum atomic E-state index is 13.0. The number of amides is 2. The first-order chi connectivity index (χ1) is 15.4. The quantitative estimate of drug-likeness (QED) is 0.424. The average Bonchev–Trinajstić information content (AvgIpc) is 2.79. The Kier molecular flexibility index (Phi) is 8.46. The number of halogens is 2. The number of carbonyl (C=O) groups is 2. The van der Waals surface area contributed by atoms with Crippen LogP contribution in [0.15, 0.2) is 30.3 Å². The summed E-state index contributed by atoms with van der Waals surface area (Å²) in [5.41, 5.74) is 13.6. The van der Waals surface area contributed by atoms with Crippen LogP contribution >= 0.6 is 34.0 Å². The molecule has 6 rings (SSSR count). The highest BCUT2D eigenvalue weighted by atomic mass is 79.9. The van der Waals surface area contributed by atoms with Gasteiger partial charge in [0.1, 0.15) is 5.69 Å². The number of hydrogen-bond acceptors (Lipinski definition) is 4. The Bertz CT molecular complexity index is 1020. The zero-order valence-electron chi connectivity index (χ0n) is 19.9. The fourth-order valence-electron chi connectivity index (χ4n) is 6.95. The summed E-state index contributed by atoms with van der Waals surface area (Å²) in [5.74, 6) is 1.69. The van der Waals surface area contributed by atoms with E-state index in [-0.39, 0.29) is 51.2 Å². The number of aromatic nitrogens is 1. The van der Waals surface area contributed by atoms with Crippen LogP contribution in [-0.2, 0) is 10.2 Å². The largest absolute Gasteiger partial charge is 0.320 e. The van der Waals surface area contributed by atoms with Gasteiger partial charge in [0.05, 0.1) is 11.6 Å². The number of rotatable bonds is 5. The molecule has 4 aliphatic rings. The van der Waals surface area contributed by atoms with E-state index in [1.54, 1.807) is 0 Å². The smallest absolute Gasteiger partial charge is 0.288 e. The molecule has 0 radical (unpaired) electrons. The lowest BCUT2D eigenvalue weighted by Crippen LogP contribution is -2.51. The van der Waals surface area contributed by atoms with E-state index in [2.05, 4.69) is 28.0 Å². The second-order valence-corrected chi connectivity index (χ2v) is 10.6. The number of fused-ring (bicyclic) bond motifs is 1. The molecule has 0 saturated heterocycles. The highest BCUT2D eigenvalue weighted by molar-refractivity contribution is 8.93. The van der Waals surface area contributed by atoms with Crippen molar-refractivity contribution >= 4 is 56.7 Å². The topological polar surface area (TPSA) is 97.1 Å². The average molecular weight is 596 g/mol. The predicted molar refractivity (Wildman–Crippen MR) is 145 cm³/mol. The molecule has 0 aliphatic heterocycles. The summed E-state index contributed by atoms with van der Waals surface area (Å²) in [6.45, 7) is 3.91. The van der Waals surface area contributed by atoms with E-state index < -0.39 is 11.9 Å². The third-order valence-corrected chi connectivity index (χ3v) is 8.42. The molecule has 1 heterocycles. The van der Waals surface area contributed by atoms with E-state index in [9.17, 15) is 9.59 Å². The lowest BCUT2D eigenvalue weighted by molar-refractivity contribution is -0.124. The molecule has 4 saturated carbocycles. The van der Waals surface area contributed by atoms with Crippen LogP contribution in [0.3, 0.4) is 0 Å². The Morgan fingerprint density at radius 1 is 1.06 bits per heavy atom. The third kappa shape index (κ3) is 4.91. The van der Waals surface area contributed by atoms with Crippen LogP contribution < -0.4 is 16.6 Å². The van der Waals surface area contributed by atoms with E-state index in [0.29, 0.717) is 5.69 Å². The van der Waals surface area contributed by atoms with Gasteiger partial charge in [-0.05, 0) is 85.3 Å². The predicted octanol–water partition coefficient (Wildman–Crippen LogP) is 4.99. The Labute approximate surface area is 222 Å². The molecule has 6 nitrogen and oxygen atoms in total. The highest BCUT2D eigenvalue weighted by Gasteiger charge is 2.52. The van der Waals surface area contributed by atoms with Crippen molar-refractivity contribution in [3.63, 3.8) is 0 Å². The molecule has 4 bridgehead atoms. The van der Waals surface area contributed by atoms with Gasteiger partial charge in [-0.15, -0.1) is 34.0 Å². The van der Waals surface area contributed by atoms with Crippen molar-refractivity contribution in [2.24, 2.45) is 29.4 Å². The first-order valence-electron chi connectivity index (χ1n) is 12.1. The summed E-state index contributed by atoms with van der Waals surface area (Å²) in [5, 5.41) is 1.16. The minimum Gasteiger partial charge on any atom is -0.320 e. The lowest BCUT2D eigenvalue weighted by atomic mass is 9.48. The second kappa shape index (κ2) is 10.6. The van der Waals surface area contributed by atoms with E-state index in [1.165, 1.54) is 44.1 Å². The van der Waals surface area contributed by atoms with E-state index in [4.69, 9.17) is 5.73 Å². The van der Waals surface area contributed by atoms with E-state index in [1.807, 2.05) is 32.0 Å². The van der Waals surface area contributed by atoms with Crippen LogP contribution in [0.1, 0.15) is 74.8 Å². The lowest BCUT2D eigenvalue weighted by Gasteiger charge is -2.57. The summed E-state index contributed by atoms with van der Waals surface area (Å²) in [7, 11) is 0. The van der Waals surface area contributed by atoms with Gasteiger partial charge in [0.25, 0.3) is 11.8 Å². The van der Waals surface area contributed by atoms with E-state index >= 15 is 0 Å². The van der Waals surface area contributed by atoms with Crippen LogP contribution in [0.4, 0.5) is 0 Å². The van der Waals surface area contributed by atoms with Crippen molar-refractivity contribution in [1.29, 1.82) is 0 Å². The van der Waals surface area contributed by atoms with Crippen molar-refractivity contribution in [3.05, 3.63) is 41.6 Å². The number of carbonyl (C=O) groups excluding carboxylic acids is 2. The Balaban J connectivity index is 0.00000162. The SMILES string of the molecule is Br.Br.CC[C@H](C)[C@H](N)C(=O)NNC(=O)c1cc(C23CC4CC(CC(C4)C2)C3)c2ccccc2n1. The first-order valence-corrected chi connectivity index (χ1v) is 12.1. The fourth-order valence-corrected chi connectivity index (χ4v) is 6.95. The van der Waals surface area contributed by atoms with Crippen molar-refractivity contribution in [2.75, 3.05) is 0 Å². The van der Waals surface area contributed by atoms with Crippen molar-refractivity contribution in [1.82, 2.24) is 15.8 Å². The minimum absolute atomic E-state index is 0. The minimum atomic E-state index is -0.660. The zero-order chi connectivity index (χ0) is 22.5. The van der Waals surface area contributed by atoms with Crippen LogP contribution in [0.5, 0.6) is 0 Å². The van der Waals surface area contributed by atoms with Crippen LogP contribution in [0.25, 0.3) is 10.9 Å². The number of hydrogen-bond donors (Lipinski definition) is 3. The van der Waals surface area contributed by atoms with Gasteiger partial charge in [-0.2, -0.15) is 0 Å². The van der Waals surface area contributed by atoms with Crippen molar-refractivity contribution in [2.45, 2.75) is 70.3 Å². The molecule has 1 aromatic carbocycles. The van der Waals surface area contributed by atoms with Gasteiger partial charge in [-0.25, -0.2) is 4.98 Å². The summed E-state index contributed by atoms with van der Waals surface area (Å²) in [6.07, 6.45) is 8.56. The highest BCUT2D eigenvalue weighted by Crippen LogP contribution is 2.61. The molecule has 0 unspecified atom stereocenters. The van der Waals surface area contributed by atoms with Gasteiger partial charge in [-0.3, -0.25) is 20.4 Å². The van der Waals surface area contributed by atoms with Crippen LogP contribution in [-0.4, -0.2) is 22.8 Å². The number of nitrogens with two attached hydrogens (primary N) is 1. The molecule has 34 heavy (non-hydrogen) atoms. The molecule has 0 spiro atoms. The number of para-hydroxylation sites is 1. The normalized spacial score (nSPS) is 28.4. The molecule has 1 aromatic heterocycles. The maximum Gasteiger partial charge on any atom is 0.288 e. The van der Waals surface area contributed by atoms with Gasteiger partial charge in [0, 0.05) is 5.39 Å². The second-order valence-electron chi connectivity index (χ2n) is 10.6. The zero-order valence-corrected chi connectivity index (χ0v) is 23.3. The standard InChI is InChI=1S/C26H34N4O2.2BrH/c1-3-15(2)23(27)25(32)30-29-24(31)22-11-20(19-6-4-5-7-21(19)28-22)26-12-16-8-17(13-26)10-18(9-16)14-26;;/h4-7,11,15-18,23H,3,8-10,12-14,27H2,1-2H3,(H,29,31)(H,30,32);2*1H/t15-,16?,17?,18?,23-,26?;;/m0../s1. The summed E-state index contributed by atoms with van der Waals surface area (Å²) >= 11 is 0. The molecule has 2 atom stereocenters. The van der Waals surface area contributed by atoms with Gasteiger partial charge >= 0.3 is 0 Å². The summed E-state index contributed by atoms with van der Waals surface area (Å²) < 4.78 is 0. The molecule has 4 aliphatic carbocycles. The molecule has 4 fully saturated rings. The molecule has 2 amide bonds. The van der Waals surface area contributed by atoms with Crippen LogP contribution in [0.2, 0.25) is 0 Å². The maximum absolute atomic E-state index is 13.0. The molecule has 2 aromatic rings. The van der Waals surface area contributed by atoms with E-state index in [0.717, 1.165) is 35.1 Å². The van der Waals surface area contributed by atoms with Gasteiger partial charge in [0.15, 0.2) is 0 Å². The fraction of sp³-hybridized carbons (Fsp3) is 0.577. The number of nitrogens with one attached hydrogen (secondary N) is 2. The summed E-state index contributed by atoms with van der Waals surface area (Å²) in [4.78, 5) is 30.0. The van der Waals surface area contributed by atoms with Gasteiger partial charge < -0.3 is 5.73 Å². The molecule has 186 valence electrons. The Morgan fingerprint density at radius 3 is 2.24 bits per heavy atom. The number of nitrogens with zero attached hydrogens (tertiary/aromatic N) is 1. The molecule has 4 N–H and O–H groups in total. The first kappa shape index (κ1) is 27.1. The number of pyridine rings is 1. The number of benzene rings is 1. The van der Waals surface area contributed by atoms with Crippen molar-refractivity contribution < 1.29 is 9.59 Å². The molecule has 8 heteroatoms. The number of hydrazine groups is 1. The molecular weight excluding hydrogens is 560 g/mol. The Hall–Kier alpha value is -1.51. The Morgan fingerprint density at radius 2 is 1.65 bits per heavy atom. The monoisotopic (exact) mass is 594 g/mol. The third-order valence-electron chi connectivity index (χ3n) is 8.42. The van der Waals surface area contributed by atoms with Crippen molar-refractivity contribution in [3.8, 4) is 0 Å². The molecular formula is C26H36Br2N4O2. The van der Waals surface area contributed by atoms with Crippen LogP contribution in [0, 0.1) is 23.7 Å². The summed E-state index contributed by atoms with van der Waals surface area (Å²) in [6, 6.07) is 9.48.